The average Bonchev–Trinajstić information content (AvgIpc) is 2.86. The molecule has 4 nitrogen and oxygen atoms in total. The molecule has 2 aliphatic heterocycles. The Bertz CT molecular complexity index is 269. The molecule has 2 heterocycles. The molecule has 0 spiro atoms. The van der Waals surface area contributed by atoms with Crippen LogP contribution in [0.5, 0.6) is 0 Å². The molecule has 1 amide bonds. The number of hydrogen-bond donors (Lipinski definition) is 2. The van der Waals surface area contributed by atoms with Crippen LogP contribution in [0.15, 0.2) is 0 Å². The van der Waals surface area contributed by atoms with E-state index in [-0.39, 0.29) is 5.91 Å². The summed E-state index contributed by atoms with van der Waals surface area (Å²) in [4.78, 5) is 14.0. The van der Waals surface area contributed by atoms with Crippen LogP contribution in [-0.2, 0) is 4.79 Å². The molecule has 3 unspecified atom stereocenters. The van der Waals surface area contributed by atoms with Gasteiger partial charge in [-0.3, -0.25) is 9.69 Å². The number of carbonyl (C=O) groups excluding carboxylic acids is 1. The van der Waals surface area contributed by atoms with Gasteiger partial charge in [0.2, 0.25) is 5.91 Å². The van der Waals surface area contributed by atoms with E-state index in [2.05, 4.69) is 22.5 Å². The fourth-order valence-electron chi connectivity index (χ4n) is 3.46. The maximum absolute atomic E-state index is 11.5. The zero-order chi connectivity index (χ0) is 12.3. The molecule has 98 valence electrons. The molecule has 2 saturated heterocycles. The first kappa shape index (κ1) is 12.8. The third kappa shape index (κ3) is 2.80. The van der Waals surface area contributed by atoms with Gasteiger partial charge in [-0.2, -0.15) is 0 Å². The lowest BCUT2D eigenvalue weighted by atomic mass is 9.93. The molecule has 0 aromatic heterocycles. The van der Waals surface area contributed by atoms with Crippen LogP contribution < -0.4 is 10.6 Å². The van der Waals surface area contributed by atoms with Crippen molar-refractivity contribution in [3.63, 3.8) is 0 Å². The standard InChI is InChI=1S/C13H25N3O/c1-3-12-11-8-14-7-10(11)9-16(12)6-5-13(17)15-4-2/h10-12,14H,3-9H2,1-2H3,(H,15,17). The average molecular weight is 239 g/mol. The SMILES string of the molecule is CCNC(=O)CCN1CC2CNCC2C1CC. The quantitative estimate of drug-likeness (QED) is 0.732. The van der Waals surface area contributed by atoms with Crippen molar-refractivity contribution in [2.45, 2.75) is 32.7 Å². The van der Waals surface area contributed by atoms with Crippen molar-refractivity contribution in [3.8, 4) is 0 Å². The normalized spacial score (nSPS) is 32.7. The Balaban J connectivity index is 1.82. The maximum Gasteiger partial charge on any atom is 0.221 e. The van der Waals surface area contributed by atoms with Gasteiger partial charge in [0.05, 0.1) is 0 Å². The summed E-state index contributed by atoms with van der Waals surface area (Å²) < 4.78 is 0. The van der Waals surface area contributed by atoms with Gasteiger partial charge in [0.1, 0.15) is 0 Å². The number of fused-ring (bicyclic) bond motifs is 1. The fraction of sp³-hybridized carbons (Fsp3) is 0.923. The van der Waals surface area contributed by atoms with Gasteiger partial charge in [-0.15, -0.1) is 0 Å². The van der Waals surface area contributed by atoms with Crippen molar-refractivity contribution in [2.24, 2.45) is 11.8 Å². The van der Waals surface area contributed by atoms with Gasteiger partial charge in [-0.25, -0.2) is 0 Å². The Labute approximate surface area is 104 Å². The van der Waals surface area contributed by atoms with E-state index in [1.807, 2.05) is 6.92 Å². The van der Waals surface area contributed by atoms with Crippen LogP contribution >= 0.6 is 0 Å². The zero-order valence-corrected chi connectivity index (χ0v) is 11.0. The van der Waals surface area contributed by atoms with Gasteiger partial charge in [0.15, 0.2) is 0 Å². The molecule has 17 heavy (non-hydrogen) atoms. The molecular formula is C13H25N3O. The second-order valence-corrected chi connectivity index (χ2v) is 5.26. The number of nitrogens with zero attached hydrogens (tertiary/aromatic N) is 1. The van der Waals surface area contributed by atoms with Gasteiger partial charge in [-0.1, -0.05) is 6.92 Å². The van der Waals surface area contributed by atoms with E-state index in [9.17, 15) is 4.79 Å². The van der Waals surface area contributed by atoms with Crippen LogP contribution in [-0.4, -0.2) is 49.6 Å². The van der Waals surface area contributed by atoms with E-state index in [1.165, 1.54) is 26.1 Å². The molecule has 0 saturated carbocycles. The summed E-state index contributed by atoms with van der Waals surface area (Å²) in [7, 11) is 0. The number of carbonyl (C=O) groups is 1. The minimum atomic E-state index is 0.192. The predicted molar refractivity (Wildman–Crippen MR) is 68.8 cm³/mol. The molecule has 0 aromatic rings. The minimum absolute atomic E-state index is 0.192. The third-order valence-corrected chi connectivity index (χ3v) is 4.24. The molecule has 2 fully saturated rings. The molecule has 2 aliphatic rings. The molecule has 0 radical (unpaired) electrons. The number of rotatable bonds is 5. The molecule has 2 N–H and O–H groups in total. The summed E-state index contributed by atoms with van der Waals surface area (Å²) in [6.07, 6.45) is 1.86. The van der Waals surface area contributed by atoms with Gasteiger partial charge >= 0.3 is 0 Å². The summed E-state index contributed by atoms with van der Waals surface area (Å²) in [6.45, 7) is 9.42. The van der Waals surface area contributed by atoms with Crippen LogP contribution in [0.4, 0.5) is 0 Å². The van der Waals surface area contributed by atoms with Gasteiger partial charge in [0, 0.05) is 32.1 Å². The Morgan fingerprint density at radius 1 is 1.41 bits per heavy atom. The third-order valence-electron chi connectivity index (χ3n) is 4.24. The van der Waals surface area contributed by atoms with E-state index in [0.717, 1.165) is 24.9 Å². The Kier molecular flexibility index (Phi) is 4.40. The first-order chi connectivity index (χ1) is 8.26. The highest BCUT2D eigenvalue weighted by molar-refractivity contribution is 5.75. The summed E-state index contributed by atoms with van der Waals surface area (Å²) in [6, 6.07) is 0.685. The molecule has 4 heteroatoms. The number of hydrogen-bond acceptors (Lipinski definition) is 3. The predicted octanol–water partition coefficient (Wildman–Crippen LogP) is 0.442. The van der Waals surface area contributed by atoms with Gasteiger partial charge < -0.3 is 10.6 Å². The molecule has 3 atom stereocenters. The molecule has 0 bridgehead atoms. The Morgan fingerprint density at radius 3 is 2.94 bits per heavy atom. The minimum Gasteiger partial charge on any atom is -0.356 e. The molecular weight excluding hydrogens is 214 g/mol. The van der Waals surface area contributed by atoms with Crippen LogP contribution in [0, 0.1) is 11.8 Å². The smallest absolute Gasteiger partial charge is 0.221 e. The molecule has 0 aromatic carbocycles. The summed E-state index contributed by atoms with van der Waals surface area (Å²) >= 11 is 0. The van der Waals surface area contributed by atoms with Crippen molar-refractivity contribution in [2.75, 3.05) is 32.7 Å². The Hall–Kier alpha value is -0.610. The first-order valence-electron chi connectivity index (χ1n) is 6.97. The van der Waals surface area contributed by atoms with E-state index < -0.39 is 0 Å². The topological polar surface area (TPSA) is 44.4 Å². The lowest BCUT2D eigenvalue weighted by Gasteiger charge is -2.26. The summed E-state index contributed by atoms with van der Waals surface area (Å²) in [5, 5.41) is 6.36. The van der Waals surface area contributed by atoms with Crippen LogP contribution in [0.3, 0.4) is 0 Å². The Morgan fingerprint density at radius 2 is 2.24 bits per heavy atom. The lowest BCUT2D eigenvalue weighted by molar-refractivity contribution is -0.121. The highest BCUT2D eigenvalue weighted by Gasteiger charge is 2.42. The van der Waals surface area contributed by atoms with Gasteiger partial charge in [0.25, 0.3) is 0 Å². The monoisotopic (exact) mass is 239 g/mol. The highest BCUT2D eigenvalue weighted by Crippen LogP contribution is 2.34. The number of likely N-dealkylation sites (tertiary alicyclic amines) is 1. The van der Waals surface area contributed by atoms with Crippen LogP contribution in [0.1, 0.15) is 26.7 Å². The summed E-state index contributed by atoms with van der Waals surface area (Å²) in [5.74, 6) is 1.82. The van der Waals surface area contributed by atoms with Crippen molar-refractivity contribution in [3.05, 3.63) is 0 Å². The number of amides is 1. The van der Waals surface area contributed by atoms with Crippen molar-refractivity contribution < 1.29 is 4.79 Å². The van der Waals surface area contributed by atoms with Crippen molar-refractivity contribution in [1.29, 1.82) is 0 Å². The molecule has 0 aliphatic carbocycles. The largest absolute Gasteiger partial charge is 0.356 e. The van der Waals surface area contributed by atoms with E-state index >= 15 is 0 Å². The highest BCUT2D eigenvalue weighted by atomic mass is 16.1. The van der Waals surface area contributed by atoms with Crippen LogP contribution in [0.25, 0.3) is 0 Å². The lowest BCUT2D eigenvalue weighted by Crippen LogP contribution is -2.37. The fourth-order valence-corrected chi connectivity index (χ4v) is 3.46. The second-order valence-electron chi connectivity index (χ2n) is 5.26. The van der Waals surface area contributed by atoms with Crippen molar-refractivity contribution >= 4 is 5.91 Å². The zero-order valence-electron chi connectivity index (χ0n) is 11.0. The van der Waals surface area contributed by atoms with E-state index in [4.69, 9.17) is 0 Å². The molecule has 2 rings (SSSR count). The second kappa shape index (κ2) is 5.83. The van der Waals surface area contributed by atoms with E-state index in [0.29, 0.717) is 12.5 Å². The van der Waals surface area contributed by atoms with Crippen molar-refractivity contribution in [1.82, 2.24) is 15.5 Å². The first-order valence-corrected chi connectivity index (χ1v) is 6.97. The number of nitrogens with one attached hydrogen (secondary N) is 2. The van der Waals surface area contributed by atoms with E-state index in [1.54, 1.807) is 0 Å². The summed E-state index contributed by atoms with van der Waals surface area (Å²) in [5.41, 5.74) is 0. The maximum atomic E-state index is 11.5. The van der Waals surface area contributed by atoms with Crippen LogP contribution in [0.2, 0.25) is 0 Å². The van der Waals surface area contributed by atoms with Gasteiger partial charge in [-0.05, 0) is 38.3 Å².